The van der Waals surface area contributed by atoms with Gasteiger partial charge in [0.1, 0.15) is 10.2 Å². The fourth-order valence-electron chi connectivity index (χ4n) is 1.93. The zero-order chi connectivity index (χ0) is 12.9. The largest absolute Gasteiger partial charge is 0.505 e. The Morgan fingerprint density at radius 3 is 2.44 bits per heavy atom. The molecule has 3 nitrogen and oxygen atoms in total. The smallest absolute Gasteiger partial charge is 0.344 e. The zero-order valence-electron chi connectivity index (χ0n) is 8.91. The Labute approximate surface area is 118 Å². The number of fused-ring (bicyclic) bond motifs is 3. The topological polar surface area (TPSA) is 50.4 Å². The first-order valence-corrected chi connectivity index (χ1v) is 6.70. The van der Waals surface area contributed by atoms with Crippen LogP contribution >= 0.6 is 31.9 Å². The Balaban J connectivity index is 2.68. The van der Waals surface area contributed by atoms with Gasteiger partial charge in [-0.15, -0.1) is 0 Å². The van der Waals surface area contributed by atoms with Gasteiger partial charge in [0.15, 0.2) is 5.58 Å². The molecule has 0 aliphatic heterocycles. The first-order chi connectivity index (χ1) is 8.59. The fraction of sp³-hybridized carbons (Fsp3) is 0. The Kier molecular flexibility index (Phi) is 2.68. The number of hydrogen-bond acceptors (Lipinski definition) is 3. The van der Waals surface area contributed by atoms with Crippen molar-refractivity contribution < 1.29 is 9.52 Å². The van der Waals surface area contributed by atoms with Crippen LogP contribution in [0.15, 0.2) is 48.5 Å². The molecule has 90 valence electrons. The zero-order valence-corrected chi connectivity index (χ0v) is 12.1. The molecule has 1 N–H and O–H groups in total. The van der Waals surface area contributed by atoms with Crippen LogP contribution in [0.25, 0.3) is 21.7 Å². The van der Waals surface area contributed by atoms with E-state index in [1.807, 2.05) is 12.1 Å². The van der Waals surface area contributed by atoms with E-state index in [0.717, 1.165) is 10.8 Å². The highest BCUT2D eigenvalue weighted by molar-refractivity contribution is 9.11. The van der Waals surface area contributed by atoms with Gasteiger partial charge in [0.2, 0.25) is 0 Å². The maximum atomic E-state index is 11.9. The third-order valence-electron chi connectivity index (χ3n) is 2.78. The fourth-order valence-corrected chi connectivity index (χ4v) is 3.14. The molecule has 1 aromatic heterocycles. The van der Waals surface area contributed by atoms with Crippen LogP contribution in [0.1, 0.15) is 0 Å². The van der Waals surface area contributed by atoms with E-state index in [1.165, 1.54) is 0 Å². The van der Waals surface area contributed by atoms with Gasteiger partial charge in [-0.05, 0) is 49.4 Å². The number of phenols is 1. The van der Waals surface area contributed by atoms with Crippen molar-refractivity contribution in [2.75, 3.05) is 0 Å². The molecule has 0 radical (unpaired) electrons. The molecule has 18 heavy (non-hydrogen) atoms. The van der Waals surface area contributed by atoms with Crippen LogP contribution in [0, 0.1) is 0 Å². The molecule has 0 aliphatic carbocycles. The minimum absolute atomic E-state index is 0.0148. The van der Waals surface area contributed by atoms with Gasteiger partial charge in [0.25, 0.3) is 0 Å². The van der Waals surface area contributed by atoms with Crippen LogP contribution in [0.2, 0.25) is 0 Å². The molecule has 0 saturated carbocycles. The average molecular weight is 370 g/mol. The molecule has 0 atom stereocenters. The predicted octanol–water partition coefficient (Wildman–Crippen LogP) is 4.18. The average Bonchev–Trinajstić information content (AvgIpc) is 2.38. The molecular weight excluding hydrogens is 364 g/mol. The minimum atomic E-state index is -0.416. The molecular formula is C13H6Br2O3. The van der Waals surface area contributed by atoms with Gasteiger partial charge in [0.05, 0.1) is 9.86 Å². The van der Waals surface area contributed by atoms with E-state index in [4.69, 9.17) is 4.42 Å². The Hall–Kier alpha value is -1.33. The third-order valence-corrected chi connectivity index (χ3v) is 4.12. The summed E-state index contributed by atoms with van der Waals surface area (Å²) in [4.78, 5) is 11.9. The number of hydrogen-bond donors (Lipinski definition) is 1. The lowest BCUT2D eigenvalue weighted by Crippen LogP contribution is -1.99. The molecule has 1 heterocycles. The number of rotatable bonds is 0. The van der Waals surface area contributed by atoms with Crippen molar-refractivity contribution in [3.63, 3.8) is 0 Å². The molecule has 5 heteroatoms. The van der Waals surface area contributed by atoms with Crippen LogP contribution in [0.5, 0.6) is 5.75 Å². The standard InChI is InChI=1S/C13H6Br2O3/c14-9-5-8-6-3-1-2-4-7(6)13(17)18-12(8)10(15)11(9)16/h1-5,16H. The summed E-state index contributed by atoms with van der Waals surface area (Å²) in [7, 11) is 0. The number of aromatic hydroxyl groups is 1. The molecule has 3 rings (SSSR count). The lowest BCUT2D eigenvalue weighted by atomic mass is 10.1. The number of halogens is 2. The predicted molar refractivity (Wildman–Crippen MR) is 77.1 cm³/mol. The minimum Gasteiger partial charge on any atom is -0.505 e. The van der Waals surface area contributed by atoms with Gasteiger partial charge in [-0.25, -0.2) is 4.79 Å². The van der Waals surface area contributed by atoms with Crippen LogP contribution < -0.4 is 5.63 Å². The summed E-state index contributed by atoms with van der Waals surface area (Å²) in [6.07, 6.45) is 0. The normalized spacial score (nSPS) is 11.2. The maximum Gasteiger partial charge on any atom is 0.344 e. The van der Waals surface area contributed by atoms with E-state index < -0.39 is 5.63 Å². The Bertz CT molecular complexity index is 837. The third kappa shape index (κ3) is 1.58. The summed E-state index contributed by atoms with van der Waals surface area (Å²) >= 11 is 6.51. The second kappa shape index (κ2) is 4.10. The van der Waals surface area contributed by atoms with Crippen LogP contribution in [0.3, 0.4) is 0 Å². The summed E-state index contributed by atoms with van der Waals surface area (Å²) < 4.78 is 6.17. The van der Waals surface area contributed by atoms with E-state index >= 15 is 0 Å². The van der Waals surface area contributed by atoms with Crippen molar-refractivity contribution in [1.29, 1.82) is 0 Å². The molecule has 2 aromatic carbocycles. The quantitative estimate of drug-likeness (QED) is 0.477. The van der Waals surface area contributed by atoms with E-state index in [-0.39, 0.29) is 5.75 Å². The van der Waals surface area contributed by atoms with Crippen LogP contribution in [-0.2, 0) is 0 Å². The van der Waals surface area contributed by atoms with Crippen molar-refractivity contribution >= 4 is 53.6 Å². The van der Waals surface area contributed by atoms with Crippen molar-refractivity contribution in [2.45, 2.75) is 0 Å². The number of phenolic OH excluding ortho intramolecular Hbond substituents is 1. The van der Waals surface area contributed by atoms with Gasteiger partial charge in [0, 0.05) is 5.39 Å². The summed E-state index contributed by atoms with van der Waals surface area (Å²) in [5.41, 5.74) is -0.0695. The molecule has 3 aromatic rings. The molecule has 0 saturated heterocycles. The highest BCUT2D eigenvalue weighted by Crippen LogP contribution is 2.40. The van der Waals surface area contributed by atoms with Gasteiger partial charge in [-0.2, -0.15) is 0 Å². The van der Waals surface area contributed by atoms with Gasteiger partial charge in [-0.1, -0.05) is 18.2 Å². The molecule has 0 unspecified atom stereocenters. The highest BCUT2D eigenvalue weighted by Gasteiger charge is 2.14. The summed E-state index contributed by atoms with van der Waals surface area (Å²) in [6.45, 7) is 0. The van der Waals surface area contributed by atoms with Gasteiger partial charge >= 0.3 is 5.63 Å². The monoisotopic (exact) mass is 368 g/mol. The van der Waals surface area contributed by atoms with Crippen molar-refractivity contribution in [1.82, 2.24) is 0 Å². The van der Waals surface area contributed by atoms with E-state index in [1.54, 1.807) is 18.2 Å². The molecule has 0 amide bonds. The molecule has 0 bridgehead atoms. The lowest BCUT2D eigenvalue weighted by Gasteiger charge is -2.07. The summed E-state index contributed by atoms with van der Waals surface area (Å²) in [5.74, 6) is 0.0148. The van der Waals surface area contributed by atoms with Crippen molar-refractivity contribution in [3.8, 4) is 5.75 Å². The van der Waals surface area contributed by atoms with E-state index in [2.05, 4.69) is 31.9 Å². The van der Waals surface area contributed by atoms with Crippen LogP contribution in [-0.4, -0.2) is 5.11 Å². The van der Waals surface area contributed by atoms with E-state index in [9.17, 15) is 9.90 Å². The number of benzene rings is 2. The van der Waals surface area contributed by atoms with Crippen molar-refractivity contribution in [2.24, 2.45) is 0 Å². The Morgan fingerprint density at radius 2 is 1.72 bits per heavy atom. The van der Waals surface area contributed by atoms with Gasteiger partial charge in [-0.3, -0.25) is 0 Å². The summed E-state index contributed by atoms with van der Waals surface area (Å²) in [6, 6.07) is 8.95. The first-order valence-electron chi connectivity index (χ1n) is 5.12. The SMILES string of the molecule is O=c1oc2c(Br)c(O)c(Br)cc2c2ccccc12. The molecule has 0 aliphatic rings. The second-order valence-corrected chi connectivity index (χ2v) is 5.48. The Morgan fingerprint density at radius 1 is 1.06 bits per heavy atom. The van der Waals surface area contributed by atoms with E-state index in [0.29, 0.717) is 19.9 Å². The lowest BCUT2D eigenvalue weighted by molar-refractivity contribution is 0.466. The van der Waals surface area contributed by atoms with Crippen LogP contribution in [0.4, 0.5) is 0 Å². The van der Waals surface area contributed by atoms with Gasteiger partial charge < -0.3 is 9.52 Å². The first kappa shape index (κ1) is 11.7. The maximum absolute atomic E-state index is 11.9. The highest BCUT2D eigenvalue weighted by atomic mass is 79.9. The molecule has 0 spiro atoms. The molecule has 0 fully saturated rings. The second-order valence-electron chi connectivity index (χ2n) is 3.83. The summed E-state index contributed by atoms with van der Waals surface area (Å²) in [5, 5.41) is 11.9. The van der Waals surface area contributed by atoms with Crippen molar-refractivity contribution in [3.05, 3.63) is 49.7 Å².